The third kappa shape index (κ3) is 8.36. The minimum atomic E-state index is -0.208. The molecule has 50 heavy (non-hydrogen) atoms. The van der Waals surface area contributed by atoms with Crippen molar-refractivity contribution in [2.75, 3.05) is 41.1 Å². The lowest BCUT2D eigenvalue weighted by atomic mass is 9.88. The number of rotatable bonds is 8. The maximum atomic E-state index is 13.0. The Morgan fingerprint density at radius 1 is 0.760 bits per heavy atom. The van der Waals surface area contributed by atoms with E-state index in [0.29, 0.717) is 34.5 Å². The highest BCUT2D eigenvalue weighted by molar-refractivity contribution is 6.05. The summed E-state index contributed by atoms with van der Waals surface area (Å²) in [7, 11) is 3.60. The van der Waals surface area contributed by atoms with E-state index in [0.717, 1.165) is 39.8 Å². The van der Waals surface area contributed by atoms with Crippen molar-refractivity contribution in [2.24, 2.45) is 0 Å². The number of nitrogen functional groups attached to an aromatic ring is 1. The molecule has 0 unspecified atom stereocenters. The molecule has 15 nitrogen and oxygen atoms in total. The van der Waals surface area contributed by atoms with Crippen LogP contribution in [0.5, 0.6) is 0 Å². The molecule has 0 aliphatic carbocycles. The molecule has 0 atom stereocenters. The number of nitrogens with two attached hydrogens (primary N) is 1. The molecule has 0 bridgehead atoms. The third-order valence-corrected chi connectivity index (χ3v) is 7.57. The molecule has 6 N–H and O–H groups in total. The lowest BCUT2D eigenvalue weighted by Gasteiger charge is -2.19. The van der Waals surface area contributed by atoms with Crippen LogP contribution in [-0.4, -0.2) is 64.5 Å². The first-order valence-corrected chi connectivity index (χ1v) is 15.9. The second-order valence-electron chi connectivity index (χ2n) is 12.5. The van der Waals surface area contributed by atoms with Gasteiger partial charge in [0.2, 0.25) is 0 Å². The minimum Gasteiger partial charge on any atom is -0.384 e. The van der Waals surface area contributed by atoms with Crippen molar-refractivity contribution in [3.05, 3.63) is 102 Å². The molecule has 0 radical (unpaired) electrons. The number of nitrogens with one attached hydrogen (secondary N) is 4. The van der Waals surface area contributed by atoms with E-state index in [1.165, 1.54) is 12.7 Å². The topological polar surface area (TPSA) is 191 Å². The van der Waals surface area contributed by atoms with E-state index in [9.17, 15) is 4.79 Å². The predicted molar refractivity (Wildman–Crippen MR) is 197 cm³/mol. The average molecular weight is 675 g/mol. The molecule has 5 heterocycles. The molecule has 1 aromatic carbocycles. The van der Waals surface area contributed by atoms with E-state index >= 15 is 0 Å². The smallest absolute Gasteiger partial charge is 0.255 e. The van der Waals surface area contributed by atoms with E-state index < -0.39 is 0 Å². The fourth-order valence-electron chi connectivity index (χ4n) is 4.82. The minimum absolute atomic E-state index is 0.0621. The van der Waals surface area contributed by atoms with Gasteiger partial charge in [-0.3, -0.25) is 9.78 Å². The number of amides is 1. The van der Waals surface area contributed by atoms with Crippen molar-refractivity contribution in [3.8, 4) is 11.6 Å². The van der Waals surface area contributed by atoms with Crippen LogP contribution in [0.4, 0.5) is 34.6 Å². The van der Waals surface area contributed by atoms with E-state index in [1.54, 1.807) is 41.8 Å². The largest absolute Gasteiger partial charge is 0.384 e. The second kappa shape index (κ2) is 14.8. The predicted octanol–water partition coefficient (Wildman–Crippen LogP) is 5.60. The molecule has 5 aromatic heterocycles. The standard InChI is InChI=1S/C26H30N8O.C9H12N6/c1-16-7-8-18(25(35)31-20-11-19(13-28-14-20)26(3,4)5)10-21(16)32-24-9-17(2)33-34(24)23-12-22(27-6)29-15-30-23;1-6-3-7(10)15(14-6)9-4-8(11-2)12-5-13-9/h7-15,32H,1-6H3,(H,31,35)(H,27,29,30);3-5H,10H2,1-2H3,(H,11,12,13). The van der Waals surface area contributed by atoms with E-state index in [-0.39, 0.29) is 11.3 Å². The van der Waals surface area contributed by atoms with Gasteiger partial charge in [0, 0.05) is 55.8 Å². The van der Waals surface area contributed by atoms with Crippen molar-refractivity contribution in [3.63, 3.8) is 0 Å². The maximum Gasteiger partial charge on any atom is 0.255 e. The lowest BCUT2D eigenvalue weighted by Crippen LogP contribution is -2.15. The second-order valence-corrected chi connectivity index (χ2v) is 12.5. The van der Waals surface area contributed by atoms with Crippen LogP contribution < -0.4 is 27.0 Å². The molecule has 0 spiro atoms. The van der Waals surface area contributed by atoms with Crippen molar-refractivity contribution in [1.82, 2.24) is 44.5 Å². The molecule has 258 valence electrons. The van der Waals surface area contributed by atoms with Crippen molar-refractivity contribution < 1.29 is 4.79 Å². The summed E-state index contributed by atoms with van der Waals surface area (Å²) >= 11 is 0. The van der Waals surface area contributed by atoms with Gasteiger partial charge in [0.25, 0.3) is 5.91 Å². The number of hydrogen-bond acceptors (Lipinski definition) is 12. The molecular formula is C35H42N14O. The molecule has 0 saturated heterocycles. The molecule has 1 amide bonds. The summed E-state index contributed by atoms with van der Waals surface area (Å²) < 4.78 is 3.30. The molecule has 0 aliphatic rings. The van der Waals surface area contributed by atoms with Gasteiger partial charge >= 0.3 is 0 Å². The van der Waals surface area contributed by atoms with Crippen molar-refractivity contribution >= 4 is 40.6 Å². The van der Waals surface area contributed by atoms with Gasteiger partial charge in [-0.25, -0.2) is 19.9 Å². The number of benzene rings is 1. The van der Waals surface area contributed by atoms with Gasteiger partial charge in [-0.1, -0.05) is 26.8 Å². The van der Waals surface area contributed by atoms with Gasteiger partial charge in [0.15, 0.2) is 11.6 Å². The van der Waals surface area contributed by atoms with Crippen LogP contribution >= 0.6 is 0 Å². The summed E-state index contributed by atoms with van der Waals surface area (Å²) in [6, 6.07) is 14.8. The summed E-state index contributed by atoms with van der Waals surface area (Å²) in [5.41, 5.74) is 11.4. The zero-order valence-corrected chi connectivity index (χ0v) is 29.4. The monoisotopic (exact) mass is 674 g/mol. The van der Waals surface area contributed by atoms with Crippen molar-refractivity contribution in [1.29, 1.82) is 0 Å². The first-order valence-electron chi connectivity index (χ1n) is 15.9. The Balaban J connectivity index is 0.000000269. The third-order valence-electron chi connectivity index (χ3n) is 7.57. The summed E-state index contributed by atoms with van der Waals surface area (Å²) in [6.07, 6.45) is 6.44. The van der Waals surface area contributed by atoms with Gasteiger partial charge in [-0.2, -0.15) is 19.6 Å². The maximum absolute atomic E-state index is 13.0. The molecule has 6 aromatic rings. The van der Waals surface area contributed by atoms with Crippen LogP contribution in [0.15, 0.2) is 73.6 Å². The van der Waals surface area contributed by atoms with Crippen LogP contribution in [0.1, 0.15) is 53.6 Å². The molecule has 0 aliphatic heterocycles. The zero-order chi connectivity index (χ0) is 36.0. The average Bonchev–Trinajstić information content (AvgIpc) is 3.65. The number of anilines is 6. The first-order chi connectivity index (χ1) is 23.8. The SMILES string of the molecule is CNc1cc(-n2nc(C)cc2N)ncn1.CNc1cc(-n2nc(C)cc2Nc2cc(C(=O)Nc3cncc(C(C)(C)C)c3)ccc2C)ncn1. The highest BCUT2D eigenvalue weighted by Crippen LogP contribution is 2.27. The highest BCUT2D eigenvalue weighted by Gasteiger charge is 2.17. The van der Waals surface area contributed by atoms with Crippen LogP contribution in [-0.2, 0) is 5.41 Å². The molecule has 6 rings (SSSR count). The number of carbonyl (C=O) groups is 1. The van der Waals surface area contributed by atoms with Gasteiger partial charge < -0.3 is 27.0 Å². The Morgan fingerprint density at radius 2 is 1.38 bits per heavy atom. The van der Waals surface area contributed by atoms with Crippen LogP contribution in [0.25, 0.3) is 11.6 Å². The number of pyridine rings is 1. The van der Waals surface area contributed by atoms with Gasteiger partial charge in [0.05, 0.1) is 23.3 Å². The van der Waals surface area contributed by atoms with Gasteiger partial charge in [-0.05, 0) is 55.5 Å². The number of aryl methyl sites for hydroxylation is 3. The molecule has 0 fully saturated rings. The normalized spacial score (nSPS) is 11.0. The van der Waals surface area contributed by atoms with Gasteiger partial charge in [-0.15, -0.1) is 0 Å². The van der Waals surface area contributed by atoms with E-state index in [4.69, 9.17) is 5.73 Å². The summed E-state index contributed by atoms with van der Waals surface area (Å²) in [6.45, 7) is 12.1. The lowest BCUT2D eigenvalue weighted by molar-refractivity contribution is 0.102. The number of hydrogen-bond donors (Lipinski definition) is 5. The molecule has 0 saturated carbocycles. The Labute approximate surface area is 290 Å². The Bertz CT molecular complexity index is 2110. The number of nitrogens with zero attached hydrogens (tertiary/aromatic N) is 9. The molecule has 15 heteroatoms. The summed E-state index contributed by atoms with van der Waals surface area (Å²) in [4.78, 5) is 34.0. The Morgan fingerprint density at radius 3 is 1.98 bits per heavy atom. The fraction of sp³-hybridized carbons (Fsp3) is 0.257. The van der Waals surface area contributed by atoms with Crippen molar-refractivity contribution in [2.45, 2.75) is 47.0 Å². The summed E-state index contributed by atoms with van der Waals surface area (Å²) in [5.74, 6) is 3.78. The number of aromatic nitrogens is 9. The van der Waals surface area contributed by atoms with E-state index in [2.05, 4.69) is 77.2 Å². The number of carbonyl (C=O) groups excluding carboxylic acids is 1. The Hall–Kier alpha value is -6.38. The Kier molecular flexibility index (Phi) is 10.3. The quantitative estimate of drug-likeness (QED) is 0.134. The van der Waals surface area contributed by atoms with Gasteiger partial charge in [0.1, 0.15) is 35.9 Å². The first kappa shape index (κ1) is 34.9. The van der Waals surface area contributed by atoms with Crippen LogP contribution in [0.2, 0.25) is 0 Å². The zero-order valence-electron chi connectivity index (χ0n) is 29.4. The van der Waals surface area contributed by atoms with Crippen LogP contribution in [0, 0.1) is 20.8 Å². The molecular weight excluding hydrogens is 632 g/mol. The fourth-order valence-corrected chi connectivity index (χ4v) is 4.82. The van der Waals surface area contributed by atoms with Crippen LogP contribution in [0.3, 0.4) is 0 Å². The van der Waals surface area contributed by atoms with E-state index in [1.807, 2.05) is 63.4 Å². The highest BCUT2D eigenvalue weighted by atomic mass is 16.1. The summed E-state index contributed by atoms with van der Waals surface area (Å²) in [5, 5.41) is 21.1.